The fourth-order valence-electron chi connectivity index (χ4n) is 3.34. The molecule has 1 amide bonds. The summed E-state index contributed by atoms with van der Waals surface area (Å²) >= 11 is 1.54. The van der Waals surface area contributed by atoms with Gasteiger partial charge in [-0.15, -0.1) is 10.2 Å². The second kappa shape index (κ2) is 7.35. The highest BCUT2D eigenvalue weighted by Gasteiger charge is 2.42. The lowest BCUT2D eigenvalue weighted by Gasteiger charge is -2.39. The first kappa shape index (κ1) is 17.6. The molecule has 1 saturated carbocycles. The topological polar surface area (TPSA) is 105 Å². The van der Waals surface area contributed by atoms with Crippen molar-refractivity contribution in [2.45, 2.75) is 51.0 Å². The van der Waals surface area contributed by atoms with Crippen molar-refractivity contribution in [3.63, 3.8) is 0 Å². The molecule has 0 aliphatic heterocycles. The first-order chi connectivity index (χ1) is 12.0. The Hall–Kier alpha value is -2.22. The van der Waals surface area contributed by atoms with Gasteiger partial charge in [-0.1, -0.05) is 12.8 Å². The van der Waals surface area contributed by atoms with Gasteiger partial charge in [-0.05, 0) is 31.2 Å². The minimum absolute atomic E-state index is 0.188. The van der Waals surface area contributed by atoms with Gasteiger partial charge in [-0.3, -0.25) is 9.59 Å². The standard InChI is InChI=1S/C17H21N3O4S/c1-17(8-3-2-4-12(17)16(22)23)18-13(21)5-6-14-19-20-15(24-14)11-7-9-25-10-11/h7,9-10,12H,2-6,8H2,1H3,(H,18,21)(H,22,23). The van der Waals surface area contributed by atoms with Gasteiger partial charge in [-0.2, -0.15) is 11.3 Å². The third kappa shape index (κ3) is 4.07. The van der Waals surface area contributed by atoms with Gasteiger partial charge in [0.25, 0.3) is 0 Å². The monoisotopic (exact) mass is 363 g/mol. The van der Waals surface area contributed by atoms with Crippen molar-refractivity contribution in [1.29, 1.82) is 0 Å². The van der Waals surface area contributed by atoms with Crippen LogP contribution in [-0.2, 0) is 16.0 Å². The van der Waals surface area contributed by atoms with Crippen LogP contribution in [0.4, 0.5) is 0 Å². The highest BCUT2D eigenvalue weighted by atomic mass is 32.1. The normalized spacial score (nSPS) is 23.3. The quantitative estimate of drug-likeness (QED) is 0.817. The van der Waals surface area contributed by atoms with Crippen molar-refractivity contribution in [2.24, 2.45) is 5.92 Å². The Balaban J connectivity index is 1.56. The first-order valence-electron chi connectivity index (χ1n) is 8.37. The lowest BCUT2D eigenvalue weighted by Crippen LogP contribution is -2.55. The number of aliphatic carboxylic acids is 1. The second-order valence-corrected chi connectivity index (χ2v) is 7.40. The highest BCUT2D eigenvalue weighted by molar-refractivity contribution is 7.08. The van der Waals surface area contributed by atoms with Gasteiger partial charge < -0.3 is 14.8 Å². The Morgan fingerprint density at radius 3 is 3.00 bits per heavy atom. The van der Waals surface area contributed by atoms with Crippen LogP contribution in [0.3, 0.4) is 0 Å². The molecule has 1 fully saturated rings. The zero-order chi connectivity index (χ0) is 17.9. The molecule has 0 radical (unpaired) electrons. The summed E-state index contributed by atoms with van der Waals surface area (Å²) in [5.41, 5.74) is 0.171. The SMILES string of the molecule is CC1(NC(=O)CCc2nnc(-c3ccsc3)o2)CCCCC1C(=O)O. The molecule has 8 heteroatoms. The zero-order valence-electron chi connectivity index (χ0n) is 14.0. The number of hydrogen-bond acceptors (Lipinski definition) is 6. The molecule has 2 aromatic heterocycles. The summed E-state index contributed by atoms with van der Waals surface area (Å²) in [5, 5.41) is 24.1. The number of carboxylic acid groups (broad SMARTS) is 1. The number of thiophene rings is 1. The van der Waals surface area contributed by atoms with Crippen LogP contribution in [0.2, 0.25) is 0 Å². The molecule has 1 aliphatic carbocycles. The fourth-order valence-corrected chi connectivity index (χ4v) is 3.97. The van der Waals surface area contributed by atoms with Gasteiger partial charge in [-0.25, -0.2) is 0 Å². The van der Waals surface area contributed by atoms with Crippen LogP contribution in [0.5, 0.6) is 0 Å². The maximum Gasteiger partial charge on any atom is 0.308 e. The van der Waals surface area contributed by atoms with Crippen molar-refractivity contribution in [3.8, 4) is 11.5 Å². The minimum atomic E-state index is -0.847. The number of nitrogens with one attached hydrogen (secondary N) is 1. The average Bonchev–Trinajstić information content (AvgIpc) is 3.24. The highest BCUT2D eigenvalue weighted by Crippen LogP contribution is 2.34. The zero-order valence-corrected chi connectivity index (χ0v) is 14.8. The number of aromatic nitrogens is 2. The van der Waals surface area contributed by atoms with E-state index in [1.807, 2.05) is 23.8 Å². The molecule has 0 aromatic carbocycles. The molecule has 134 valence electrons. The molecule has 1 aliphatic rings. The van der Waals surface area contributed by atoms with Crippen molar-refractivity contribution in [2.75, 3.05) is 0 Å². The Bertz CT molecular complexity index is 743. The number of hydrogen-bond donors (Lipinski definition) is 2. The van der Waals surface area contributed by atoms with E-state index in [2.05, 4.69) is 15.5 Å². The number of rotatable bonds is 6. The Morgan fingerprint density at radius 2 is 2.28 bits per heavy atom. The van der Waals surface area contributed by atoms with Crippen molar-refractivity contribution >= 4 is 23.2 Å². The van der Waals surface area contributed by atoms with E-state index in [9.17, 15) is 14.7 Å². The van der Waals surface area contributed by atoms with Gasteiger partial charge in [0, 0.05) is 23.8 Å². The number of carbonyl (C=O) groups is 2. The van der Waals surface area contributed by atoms with E-state index >= 15 is 0 Å². The Labute approximate surface area is 149 Å². The summed E-state index contributed by atoms with van der Waals surface area (Å²) < 4.78 is 5.56. The van der Waals surface area contributed by atoms with E-state index in [-0.39, 0.29) is 12.3 Å². The molecule has 7 nitrogen and oxygen atoms in total. The van der Waals surface area contributed by atoms with Crippen LogP contribution in [0, 0.1) is 5.92 Å². The third-order valence-electron chi connectivity index (χ3n) is 4.73. The predicted molar refractivity (Wildman–Crippen MR) is 92.1 cm³/mol. The van der Waals surface area contributed by atoms with Gasteiger partial charge in [0.15, 0.2) is 0 Å². The maximum absolute atomic E-state index is 12.3. The average molecular weight is 363 g/mol. The summed E-state index contributed by atoms with van der Waals surface area (Å²) in [4.78, 5) is 23.8. The summed E-state index contributed by atoms with van der Waals surface area (Å²) in [5.74, 6) is -0.730. The number of nitrogens with zero attached hydrogens (tertiary/aromatic N) is 2. The predicted octanol–water partition coefficient (Wildman–Crippen LogP) is 2.88. The third-order valence-corrected chi connectivity index (χ3v) is 5.42. The molecule has 2 N–H and O–H groups in total. The minimum Gasteiger partial charge on any atom is -0.481 e. The van der Waals surface area contributed by atoms with E-state index in [0.29, 0.717) is 31.0 Å². The van der Waals surface area contributed by atoms with Crippen molar-refractivity contribution in [3.05, 3.63) is 22.7 Å². The number of amides is 1. The number of carbonyl (C=O) groups excluding carboxylic acids is 1. The summed E-state index contributed by atoms with van der Waals surface area (Å²) in [6, 6.07) is 1.89. The van der Waals surface area contributed by atoms with Crippen LogP contribution < -0.4 is 5.32 Å². The van der Waals surface area contributed by atoms with E-state index < -0.39 is 17.4 Å². The van der Waals surface area contributed by atoms with Crippen LogP contribution in [0.25, 0.3) is 11.5 Å². The Kier molecular flexibility index (Phi) is 5.17. The van der Waals surface area contributed by atoms with E-state index in [0.717, 1.165) is 18.4 Å². The molecular weight excluding hydrogens is 342 g/mol. The lowest BCUT2D eigenvalue weighted by atomic mass is 9.74. The van der Waals surface area contributed by atoms with Crippen LogP contribution in [0.15, 0.2) is 21.2 Å². The fraction of sp³-hybridized carbons (Fsp3) is 0.529. The molecule has 2 heterocycles. The summed E-state index contributed by atoms with van der Waals surface area (Å²) in [6.45, 7) is 1.82. The first-order valence-corrected chi connectivity index (χ1v) is 9.31. The smallest absolute Gasteiger partial charge is 0.308 e. The van der Waals surface area contributed by atoms with Gasteiger partial charge in [0.2, 0.25) is 17.7 Å². The van der Waals surface area contributed by atoms with Crippen LogP contribution in [0.1, 0.15) is 44.9 Å². The Morgan fingerprint density at radius 1 is 1.44 bits per heavy atom. The van der Waals surface area contributed by atoms with Gasteiger partial charge in [0.05, 0.1) is 11.5 Å². The lowest BCUT2D eigenvalue weighted by molar-refractivity contribution is -0.146. The molecule has 2 unspecified atom stereocenters. The second-order valence-electron chi connectivity index (χ2n) is 6.62. The largest absolute Gasteiger partial charge is 0.481 e. The molecular formula is C17H21N3O4S. The number of aryl methyl sites for hydroxylation is 1. The molecule has 2 aromatic rings. The number of carboxylic acids is 1. The molecule has 0 bridgehead atoms. The van der Waals surface area contributed by atoms with Gasteiger partial charge >= 0.3 is 5.97 Å². The van der Waals surface area contributed by atoms with Crippen LogP contribution in [-0.4, -0.2) is 32.7 Å². The van der Waals surface area contributed by atoms with E-state index in [1.54, 1.807) is 11.3 Å². The van der Waals surface area contributed by atoms with Crippen molar-refractivity contribution in [1.82, 2.24) is 15.5 Å². The van der Waals surface area contributed by atoms with E-state index in [1.165, 1.54) is 0 Å². The summed E-state index contributed by atoms with van der Waals surface area (Å²) in [7, 11) is 0. The molecule has 25 heavy (non-hydrogen) atoms. The van der Waals surface area contributed by atoms with Crippen molar-refractivity contribution < 1.29 is 19.1 Å². The maximum atomic E-state index is 12.3. The summed E-state index contributed by atoms with van der Waals surface area (Å²) in [6.07, 6.45) is 3.60. The molecule has 0 saturated heterocycles. The van der Waals surface area contributed by atoms with E-state index in [4.69, 9.17) is 4.42 Å². The van der Waals surface area contributed by atoms with Crippen LogP contribution >= 0.6 is 11.3 Å². The molecule has 2 atom stereocenters. The van der Waals surface area contributed by atoms with Gasteiger partial charge in [0.1, 0.15) is 0 Å². The molecule has 3 rings (SSSR count). The molecule has 0 spiro atoms.